The number of carbonyl (C=O) groups is 1. The molecule has 26 heavy (non-hydrogen) atoms. The van der Waals surface area contributed by atoms with Gasteiger partial charge in [0.05, 0.1) is 16.8 Å². The van der Waals surface area contributed by atoms with Crippen molar-refractivity contribution >= 4 is 35.6 Å². The van der Waals surface area contributed by atoms with Crippen LogP contribution >= 0.6 is 24.0 Å². The fourth-order valence-electron chi connectivity index (χ4n) is 3.22. The van der Waals surface area contributed by atoms with E-state index in [2.05, 4.69) is 22.3 Å². The molecule has 3 rings (SSSR count). The molecule has 7 heteroatoms. The number of hydrogen-bond acceptors (Lipinski definition) is 3. The lowest BCUT2D eigenvalue weighted by atomic mass is 9.95. The SMILES string of the molecule is CC(C(=O)Nc1ccc(F)cc1Cl)N1C[C@@H](N)[C@H](c2ccccc2)C1.Cl. The number of halogens is 3. The molecule has 1 unspecified atom stereocenters. The Balaban J connectivity index is 0.00000243. The summed E-state index contributed by atoms with van der Waals surface area (Å²) in [5.41, 5.74) is 7.89. The molecule has 1 aliphatic heterocycles. The van der Waals surface area contributed by atoms with E-state index in [4.69, 9.17) is 17.3 Å². The first-order chi connectivity index (χ1) is 12.0. The number of carbonyl (C=O) groups excluding carboxylic acids is 1. The van der Waals surface area contributed by atoms with Gasteiger partial charge in [0.1, 0.15) is 5.82 Å². The molecule has 0 aliphatic carbocycles. The molecule has 1 saturated heterocycles. The molecule has 0 radical (unpaired) electrons. The second-order valence-corrected chi connectivity index (χ2v) is 6.83. The highest BCUT2D eigenvalue weighted by Crippen LogP contribution is 2.28. The molecule has 0 spiro atoms. The van der Waals surface area contributed by atoms with E-state index in [9.17, 15) is 9.18 Å². The summed E-state index contributed by atoms with van der Waals surface area (Å²) in [6, 6.07) is 13.6. The van der Waals surface area contributed by atoms with Gasteiger partial charge in [0.25, 0.3) is 0 Å². The van der Waals surface area contributed by atoms with Crippen molar-refractivity contribution < 1.29 is 9.18 Å². The molecule has 1 aliphatic rings. The van der Waals surface area contributed by atoms with Gasteiger partial charge in [0, 0.05) is 25.0 Å². The fourth-order valence-corrected chi connectivity index (χ4v) is 3.44. The predicted molar refractivity (Wildman–Crippen MR) is 105 cm³/mol. The minimum atomic E-state index is -0.438. The van der Waals surface area contributed by atoms with Crippen LogP contribution < -0.4 is 11.1 Å². The summed E-state index contributed by atoms with van der Waals surface area (Å²) < 4.78 is 13.1. The molecule has 140 valence electrons. The third-order valence-corrected chi connectivity index (χ3v) is 5.05. The van der Waals surface area contributed by atoms with Crippen molar-refractivity contribution in [1.82, 2.24) is 4.90 Å². The highest BCUT2D eigenvalue weighted by atomic mass is 35.5. The smallest absolute Gasteiger partial charge is 0.241 e. The Morgan fingerprint density at radius 1 is 1.27 bits per heavy atom. The van der Waals surface area contributed by atoms with Crippen molar-refractivity contribution in [3.8, 4) is 0 Å². The second-order valence-electron chi connectivity index (χ2n) is 6.42. The molecular weight excluding hydrogens is 376 g/mol. The van der Waals surface area contributed by atoms with Crippen LogP contribution in [0.3, 0.4) is 0 Å². The number of nitrogens with two attached hydrogens (primary N) is 1. The van der Waals surface area contributed by atoms with Gasteiger partial charge in [0.15, 0.2) is 0 Å². The normalized spacial score (nSPS) is 21.1. The van der Waals surface area contributed by atoms with Gasteiger partial charge < -0.3 is 11.1 Å². The van der Waals surface area contributed by atoms with Crippen LogP contribution in [-0.4, -0.2) is 36.0 Å². The van der Waals surface area contributed by atoms with E-state index in [-0.39, 0.29) is 41.3 Å². The first kappa shape index (κ1) is 20.6. The van der Waals surface area contributed by atoms with Crippen LogP contribution in [-0.2, 0) is 4.79 Å². The van der Waals surface area contributed by atoms with E-state index < -0.39 is 5.82 Å². The Labute approximate surface area is 163 Å². The fraction of sp³-hybridized carbons (Fsp3) is 0.316. The maximum Gasteiger partial charge on any atom is 0.241 e. The Hall–Kier alpha value is -1.66. The van der Waals surface area contributed by atoms with Gasteiger partial charge >= 0.3 is 0 Å². The van der Waals surface area contributed by atoms with Crippen LogP contribution in [0.5, 0.6) is 0 Å². The molecule has 1 amide bonds. The minimum Gasteiger partial charge on any atom is -0.326 e. The van der Waals surface area contributed by atoms with Gasteiger partial charge in [0.2, 0.25) is 5.91 Å². The van der Waals surface area contributed by atoms with E-state index in [1.165, 1.54) is 23.8 Å². The standard InChI is InChI=1S/C19H21ClFN3O.ClH/c1-12(19(25)23-18-8-7-14(21)9-16(18)20)24-10-15(17(22)11-24)13-5-3-2-4-6-13;/h2-9,12,15,17H,10-11,22H2,1H3,(H,23,25);1H/t12?,15-,17+;/m0./s1. The van der Waals surface area contributed by atoms with Crippen molar-refractivity contribution in [3.05, 3.63) is 64.9 Å². The van der Waals surface area contributed by atoms with Gasteiger partial charge in [-0.15, -0.1) is 12.4 Å². The number of nitrogens with one attached hydrogen (secondary N) is 1. The number of nitrogens with zero attached hydrogens (tertiary/aromatic N) is 1. The van der Waals surface area contributed by atoms with Crippen LogP contribution in [0, 0.1) is 5.82 Å². The zero-order valence-electron chi connectivity index (χ0n) is 14.4. The second kappa shape index (κ2) is 8.82. The van der Waals surface area contributed by atoms with Gasteiger partial charge in [-0.2, -0.15) is 0 Å². The lowest BCUT2D eigenvalue weighted by Crippen LogP contribution is -2.41. The summed E-state index contributed by atoms with van der Waals surface area (Å²) in [6.45, 7) is 3.20. The number of anilines is 1. The van der Waals surface area contributed by atoms with Crippen molar-refractivity contribution in [3.63, 3.8) is 0 Å². The zero-order valence-corrected chi connectivity index (χ0v) is 15.9. The third-order valence-electron chi connectivity index (χ3n) is 4.74. The lowest BCUT2D eigenvalue weighted by Gasteiger charge is -2.23. The van der Waals surface area contributed by atoms with Crippen LogP contribution in [0.1, 0.15) is 18.4 Å². The highest BCUT2D eigenvalue weighted by Gasteiger charge is 2.35. The molecule has 4 nitrogen and oxygen atoms in total. The maximum absolute atomic E-state index is 13.1. The zero-order chi connectivity index (χ0) is 18.0. The topological polar surface area (TPSA) is 58.4 Å². The Kier molecular flexibility index (Phi) is 7.01. The Bertz CT molecular complexity index is 760. The van der Waals surface area contributed by atoms with Crippen LogP contribution in [0.25, 0.3) is 0 Å². The third kappa shape index (κ3) is 4.54. The molecule has 0 bridgehead atoms. The quantitative estimate of drug-likeness (QED) is 0.827. The molecule has 2 aromatic rings. The molecule has 0 aromatic heterocycles. The van der Waals surface area contributed by atoms with Gasteiger partial charge in [-0.1, -0.05) is 41.9 Å². The molecule has 2 aromatic carbocycles. The molecule has 3 N–H and O–H groups in total. The van der Waals surface area contributed by atoms with Crippen molar-refractivity contribution in [2.24, 2.45) is 5.73 Å². The van der Waals surface area contributed by atoms with Crippen LogP contribution in [0.15, 0.2) is 48.5 Å². The van der Waals surface area contributed by atoms with Crippen LogP contribution in [0.4, 0.5) is 10.1 Å². The van der Waals surface area contributed by atoms with E-state index in [1.807, 2.05) is 25.1 Å². The average molecular weight is 398 g/mol. The molecule has 3 atom stereocenters. The number of amides is 1. The number of rotatable bonds is 4. The molecule has 0 saturated carbocycles. The summed E-state index contributed by atoms with van der Waals surface area (Å²) in [5, 5.41) is 2.94. The van der Waals surface area contributed by atoms with Crippen LogP contribution in [0.2, 0.25) is 5.02 Å². The largest absolute Gasteiger partial charge is 0.326 e. The monoisotopic (exact) mass is 397 g/mol. The Morgan fingerprint density at radius 2 is 1.96 bits per heavy atom. The summed E-state index contributed by atoms with van der Waals surface area (Å²) in [4.78, 5) is 14.6. The lowest BCUT2D eigenvalue weighted by molar-refractivity contribution is -0.120. The van der Waals surface area contributed by atoms with Gasteiger partial charge in [-0.25, -0.2) is 4.39 Å². The van der Waals surface area contributed by atoms with E-state index >= 15 is 0 Å². The van der Waals surface area contributed by atoms with Gasteiger partial charge in [-0.05, 0) is 30.7 Å². The van der Waals surface area contributed by atoms with E-state index in [0.29, 0.717) is 12.2 Å². The summed E-state index contributed by atoms with van der Waals surface area (Å²) >= 11 is 5.98. The number of benzene rings is 2. The number of likely N-dealkylation sites (tertiary alicyclic amines) is 1. The number of hydrogen-bond donors (Lipinski definition) is 2. The van der Waals surface area contributed by atoms with E-state index in [1.54, 1.807) is 0 Å². The predicted octanol–water partition coefficient (Wildman–Crippen LogP) is 3.65. The first-order valence-corrected chi connectivity index (χ1v) is 8.64. The van der Waals surface area contributed by atoms with Crippen molar-refractivity contribution in [1.29, 1.82) is 0 Å². The average Bonchev–Trinajstić information content (AvgIpc) is 2.99. The van der Waals surface area contributed by atoms with Crippen molar-refractivity contribution in [2.75, 3.05) is 18.4 Å². The summed E-state index contributed by atoms with van der Waals surface area (Å²) in [6.07, 6.45) is 0. The first-order valence-electron chi connectivity index (χ1n) is 8.26. The maximum atomic E-state index is 13.1. The highest BCUT2D eigenvalue weighted by molar-refractivity contribution is 6.33. The molecular formula is C19H22Cl2FN3O. The van der Waals surface area contributed by atoms with E-state index in [0.717, 1.165) is 6.54 Å². The summed E-state index contributed by atoms with van der Waals surface area (Å²) in [7, 11) is 0. The summed E-state index contributed by atoms with van der Waals surface area (Å²) in [5.74, 6) is -0.424. The molecule has 1 heterocycles. The van der Waals surface area contributed by atoms with Gasteiger partial charge in [-0.3, -0.25) is 9.69 Å². The minimum absolute atomic E-state index is 0. The van der Waals surface area contributed by atoms with Crippen molar-refractivity contribution in [2.45, 2.75) is 24.9 Å². The Morgan fingerprint density at radius 3 is 2.62 bits per heavy atom. The molecule has 1 fully saturated rings.